The Labute approximate surface area is 147 Å². The Kier molecular flexibility index (Phi) is 4.24. The van der Waals surface area contributed by atoms with Gasteiger partial charge in [-0.2, -0.15) is 5.10 Å². The summed E-state index contributed by atoms with van der Waals surface area (Å²) in [6, 6.07) is 3.95. The number of nitrogens with one attached hydrogen (secondary N) is 2. The van der Waals surface area contributed by atoms with Gasteiger partial charge in [-0.1, -0.05) is 11.3 Å². The molecule has 4 rings (SSSR count). The third-order valence-electron chi connectivity index (χ3n) is 4.04. The van der Waals surface area contributed by atoms with Crippen LogP contribution < -0.4 is 15.0 Å². The van der Waals surface area contributed by atoms with E-state index in [-0.39, 0.29) is 5.91 Å². The molecule has 0 atom stereocenters. The number of nitrogens with zero attached hydrogens (tertiary/aromatic N) is 3. The van der Waals surface area contributed by atoms with Crippen LogP contribution in [0.5, 0.6) is 5.75 Å². The van der Waals surface area contributed by atoms with E-state index >= 15 is 0 Å². The molecule has 0 bridgehead atoms. The van der Waals surface area contributed by atoms with E-state index in [9.17, 15) is 4.79 Å². The fourth-order valence-corrected chi connectivity index (χ4v) is 3.80. The molecule has 1 aliphatic rings. The molecular formula is C16H17N5O3S. The van der Waals surface area contributed by atoms with Gasteiger partial charge in [0.1, 0.15) is 11.3 Å². The van der Waals surface area contributed by atoms with Crippen molar-refractivity contribution in [2.24, 2.45) is 0 Å². The number of fused-ring (bicyclic) bond motifs is 1. The summed E-state index contributed by atoms with van der Waals surface area (Å²) in [6.45, 7) is 3.07. The Balaban J connectivity index is 1.70. The smallest absolute Gasteiger partial charge is 0.260 e. The minimum absolute atomic E-state index is 0.250. The van der Waals surface area contributed by atoms with Crippen LogP contribution in [0.1, 0.15) is 10.4 Å². The molecule has 9 heteroatoms. The summed E-state index contributed by atoms with van der Waals surface area (Å²) in [5, 5.41) is 9.77. The van der Waals surface area contributed by atoms with Crippen LogP contribution in [-0.4, -0.2) is 54.5 Å². The van der Waals surface area contributed by atoms with Gasteiger partial charge in [-0.15, -0.1) is 0 Å². The third kappa shape index (κ3) is 3.03. The van der Waals surface area contributed by atoms with Crippen LogP contribution in [0.15, 0.2) is 24.5 Å². The highest BCUT2D eigenvalue weighted by molar-refractivity contribution is 7.23. The standard InChI is InChI=1S/C16H17N5O3S/c1-23-12-3-2-11(21-4-6-24-7-5-21)14-13(12)19-16(25-14)20-15(22)10-8-17-18-9-10/h2-3,8-9H,4-7H2,1H3,(H,17,18)(H,19,20,22). The maximum atomic E-state index is 12.2. The number of H-pyrrole nitrogens is 1. The predicted molar refractivity (Wildman–Crippen MR) is 95.7 cm³/mol. The van der Waals surface area contributed by atoms with Crippen molar-refractivity contribution >= 4 is 38.3 Å². The summed E-state index contributed by atoms with van der Waals surface area (Å²) in [7, 11) is 1.62. The van der Waals surface area contributed by atoms with Crippen molar-refractivity contribution in [3.63, 3.8) is 0 Å². The van der Waals surface area contributed by atoms with E-state index in [1.807, 2.05) is 12.1 Å². The molecule has 0 spiro atoms. The number of hydrogen-bond donors (Lipinski definition) is 2. The Hall–Kier alpha value is -2.65. The monoisotopic (exact) mass is 359 g/mol. The molecule has 130 valence electrons. The Morgan fingerprint density at radius 2 is 2.24 bits per heavy atom. The number of carbonyl (C=O) groups excluding carboxylic acids is 1. The predicted octanol–water partition coefficient (Wildman–Crippen LogP) is 2.12. The first-order chi connectivity index (χ1) is 12.3. The lowest BCUT2D eigenvalue weighted by molar-refractivity contribution is 0.102. The summed E-state index contributed by atoms with van der Waals surface area (Å²) in [5.74, 6) is 0.437. The van der Waals surface area contributed by atoms with Crippen LogP contribution in [0, 0.1) is 0 Å². The fourth-order valence-electron chi connectivity index (χ4n) is 2.79. The van der Waals surface area contributed by atoms with Crippen LogP contribution in [0.4, 0.5) is 10.8 Å². The van der Waals surface area contributed by atoms with Gasteiger partial charge >= 0.3 is 0 Å². The van der Waals surface area contributed by atoms with Gasteiger partial charge in [-0.3, -0.25) is 15.2 Å². The maximum absolute atomic E-state index is 12.2. The molecule has 3 heterocycles. The van der Waals surface area contributed by atoms with Crippen molar-refractivity contribution in [3.8, 4) is 5.75 Å². The van der Waals surface area contributed by atoms with E-state index in [4.69, 9.17) is 9.47 Å². The number of benzene rings is 1. The summed E-state index contributed by atoms with van der Waals surface area (Å²) in [4.78, 5) is 19.1. The number of morpholine rings is 1. The van der Waals surface area contributed by atoms with E-state index in [0.717, 1.165) is 29.0 Å². The number of aromatic nitrogens is 3. The number of thiazole rings is 1. The zero-order valence-corrected chi connectivity index (χ0v) is 14.4. The highest BCUT2D eigenvalue weighted by atomic mass is 32.1. The number of aromatic amines is 1. The first kappa shape index (κ1) is 15.9. The molecule has 1 amide bonds. The summed E-state index contributed by atoms with van der Waals surface area (Å²) in [5.41, 5.74) is 2.29. The molecule has 0 radical (unpaired) electrons. The number of rotatable bonds is 4. The van der Waals surface area contributed by atoms with E-state index < -0.39 is 0 Å². The first-order valence-corrected chi connectivity index (χ1v) is 8.68. The molecule has 1 aromatic carbocycles. The van der Waals surface area contributed by atoms with E-state index in [1.165, 1.54) is 17.5 Å². The molecule has 8 nitrogen and oxygen atoms in total. The topological polar surface area (TPSA) is 92.4 Å². The van der Waals surface area contributed by atoms with Gasteiger partial charge in [-0.25, -0.2) is 4.98 Å². The normalized spacial score (nSPS) is 14.7. The highest BCUT2D eigenvalue weighted by Crippen LogP contribution is 2.39. The van der Waals surface area contributed by atoms with E-state index in [2.05, 4.69) is 25.4 Å². The number of ether oxygens (including phenoxy) is 2. The quantitative estimate of drug-likeness (QED) is 0.741. The van der Waals surface area contributed by atoms with Crippen LogP contribution in [0.3, 0.4) is 0 Å². The fraction of sp³-hybridized carbons (Fsp3) is 0.312. The van der Waals surface area contributed by atoms with Crippen LogP contribution in [0.25, 0.3) is 10.2 Å². The van der Waals surface area contributed by atoms with Crippen molar-refractivity contribution in [2.75, 3.05) is 43.6 Å². The molecule has 2 N–H and O–H groups in total. The number of hydrogen-bond acceptors (Lipinski definition) is 7. The molecule has 1 fully saturated rings. The highest BCUT2D eigenvalue weighted by Gasteiger charge is 2.20. The lowest BCUT2D eigenvalue weighted by Gasteiger charge is -2.29. The van der Waals surface area contributed by atoms with Crippen LogP contribution in [0.2, 0.25) is 0 Å². The van der Waals surface area contributed by atoms with Gasteiger partial charge in [0.05, 0.1) is 42.5 Å². The largest absolute Gasteiger partial charge is 0.494 e. The van der Waals surface area contributed by atoms with Crippen molar-refractivity contribution in [1.29, 1.82) is 0 Å². The zero-order valence-electron chi connectivity index (χ0n) is 13.6. The maximum Gasteiger partial charge on any atom is 0.260 e. The second-order valence-corrected chi connectivity index (χ2v) is 6.52. The molecule has 2 aromatic heterocycles. The minimum Gasteiger partial charge on any atom is -0.494 e. The van der Waals surface area contributed by atoms with E-state index in [1.54, 1.807) is 13.3 Å². The van der Waals surface area contributed by atoms with Gasteiger partial charge < -0.3 is 14.4 Å². The van der Waals surface area contributed by atoms with Gasteiger partial charge in [0, 0.05) is 19.3 Å². The van der Waals surface area contributed by atoms with E-state index in [0.29, 0.717) is 29.7 Å². The lowest BCUT2D eigenvalue weighted by Crippen LogP contribution is -2.36. The van der Waals surface area contributed by atoms with Crippen LogP contribution in [-0.2, 0) is 4.74 Å². The minimum atomic E-state index is -0.250. The van der Waals surface area contributed by atoms with Gasteiger partial charge in [0.15, 0.2) is 5.13 Å². The Bertz CT molecular complexity index is 887. The molecule has 25 heavy (non-hydrogen) atoms. The summed E-state index contributed by atoms with van der Waals surface area (Å²) >= 11 is 1.44. The summed E-state index contributed by atoms with van der Waals surface area (Å²) < 4.78 is 11.9. The lowest BCUT2D eigenvalue weighted by atomic mass is 10.2. The average Bonchev–Trinajstić information content (AvgIpc) is 3.31. The number of methoxy groups -OCH3 is 1. The van der Waals surface area contributed by atoms with Gasteiger partial charge in [0.25, 0.3) is 5.91 Å². The molecule has 1 saturated heterocycles. The Morgan fingerprint density at radius 3 is 2.96 bits per heavy atom. The molecule has 3 aromatic rings. The van der Waals surface area contributed by atoms with Gasteiger partial charge in [-0.05, 0) is 12.1 Å². The molecular weight excluding hydrogens is 342 g/mol. The number of anilines is 2. The number of amides is 1. The molecule has 1 aliphatic heterocycles. The Morgan fingerprint density at radius 1 is 1.40 bits per heavy atom. The number of carbonyl (C=O) groups is 1. The third-order valence-corrected chi connectivity index (χ3v) is 5.03. The molecule has 0 saturated carbocycles. The van der Waals surface area contributed by atoms with Crippen molar-refractivity contribution in [2.45, 2.75) is 0 Å². The first-order valence-electron chi connectivity index (χ1n) is 7.86. The van der Waals surface area contributed by atoms with Crippen molar-refractivity contribution in [3.05, 3.63) is 30.1 Å². The zero-order chi connectivity index (χ0) is 17.2. The molecule has 0 unspecified atom stereocenters. The molecule has 0 aliphatic carbocycles. The second kappa shape index (κ2) is 6.69. The SMILES string of the molecule is COc1ccc(N2CCOCC2)c2sc(NC(=O)c3cn[nH]c3)nc12. The average molecular weight is 359 g/mol. The van der Waals surface area contributed by atoms with Crippen molar-refractivity contribution in [1.82, 2.24) is 15.2 Å². The van der Waals surface area contributed by atoms with Gasteiger partial charge in [0.2, 0.25) is 0 Å². The van der Waals surface area contributed by atoms with Crippen LogP contribution >= 0.6 is 11.3 Å². The summed E-state index contributed by atoms with van der Waals surface area (Å²) in [6.07, 6.45) is 3.02. The van der Waals surface area contributed by atoms with Crippen molar-refractivity contribution < 1.29 is 14.3 Å². The second-order valence-electron chi connectivity index (χ2n) is 5.52.